The minimum atomic E-state index is -0.324. The lowest BCUT2D eigenvalue weighted by atomic mass is 10.2. The lowest BCUT2D eigenvalue weighted by molar-refractivity contribution is 0.251. The van der Waals surface area contributed by atoms with Crippen molar-refractivity contribution in [2.24, 2.45) is 0 Å². The first-order valence-electron chi connectivity index (χ1n) is 7.31. The van der Waals surface area contributed by atoms with Crippen LogP contribution in [0.5, 0.6) is 0 Å². The third kappa shape index (κ3) is 5.10. The summed E-state index contributed by atoms with van der Waals surface area (Å²) in [5.41, 5.74) is 0.961. The van der Waals surface area contributed by atoms with Crippen molar-refractivity contribution < 1.29 is 4.79 Å². The summed E-state index contributed by atoms with van der Waals surface area (Å²) in [5, 5.41) is 8.61. The molecule has 0 unspecified atom stereocenters. The minimum Gasteiger partial charge on any atom is -0.370 e. The van der Waals surface area contributed by atoms with E-state index in [0.717, 1.165) is 23.7 Å². The Hall–Kier alpha value is -2.90. The van der Waals surface area contributed by atoms with Crippen molar-refractivity contribution in [2.75, 3.05) is 36.2 Å². The van der Waals surface area contributed by atoms with Crippen molar-refractivity contribution >= 4 is 23.5 Å². The van der Waals surface area contributed by atoms with Crippen LogP contribution >= 0.6 is 0 Å². The van der Waals surface area contributed by atoms with Gasteiger partial charge in [0.15, 0.2) is 0 Å². The summed E-state index contributed by atoms with van der Waals surface area (Å²) in [6.45, 7) is 3.20. The lowest BCUT2D eigenvalue weighted by Crippen LogP contribution is -2.28. The molecule has 8 heteroatoms. The van der Waals surface area contributed by atoms with E-state index in [-0.39, 0.29) is 6.03 Å². The van der Waals surface area contributed by atoms with Crippen molar-refractivity contribution in [1.29, 1.82) is 0 Å². The molecule has 0 aromatic carbocycles. The quantitative estimate of drug-likeness (QED) is 0.751. The van der Waals surface area contributed by atoms with Crippen LogP contribution in [-0.2, 0) is 6.54 Å². The van der Waals surface area contributed by atoms with Crippen LogP contribution in [0.15, 0.2) is 30.7 Å². The zero-order chi connectivity index (χ0) is 16.7. The SMILES string of the molecule is CCNc1cc(CNC(=O)Nc2cc(N(C)C)ncn2)ccn1. The van der Waals surface area contributed by atoms with Crippen LogP contribution in [-0.4, -0.2) is 41.6 Å². The first-order chi connectivity index (χ1) is 11.1. The van der Waals surface area contributed by atoms with Crippen LogP contribution in [0.2, 0.25) is 0 Å². The molecule has 0 fully saturated rings. The Morgan fingerprint density at radius 2 is 2.00 bits per heavy atom. The number of rotatable bonds is 6. The molecule has 2 aromatic rings. The van der Waals surface area contributed by atoms with Crippen molar-refractivity contribution in [1.82, 2.24) is 20.3 Å². The lowest BCUT2D eigenvalue weighted by Gasteiger charge is -2.12. The third-order valence-corrected chi connectivity index (χ3v) is 2.99. The Labute approximate surface area is 135 Å². The third-order valence-electron chi connectivity index (χ3n) is 2.99. The summed E-state index contributed by atoms with van der Waals surface area (Å²) in [7, 11) is 3.75. The zero-order valence-corrected chi connectivity index (χ0v) is 13.5. The van der Waals surface area contributed by atoms with E-state index in [2.05, 4.69) is 30.9 Å². The normalized spacial score (nSPS) is 10.0. The second-order valence-electron chi connectivity index (χ2n) is 5.04. The molecule has 0 aliphatic rings. The van der Waals surface area contributed by atoms with Crippen molar-refractivity contribution in [2.45, 2.75) is 13.5 Å². The Balaban J connectivity index is 1.90. The second-order valence-corrected chi connectivity index (χ2v) is 5.04. The summed E-state index contributed by atoms with van der Waals surface area (Å²) in [6.07, 6.45) is 3.12. The molecule has 2 amide bonds. The summed E-state index contributed by atoms with van der Waals surface area (Å²) in [4.78, 5) is 26.1. The Morgan fingerprint density at radius 3 is 2.74 bits per heavy atom. The van der Waals surface area contributed by atoms with Crippen LogP contribution in [0.25, 0.3) is 0 Å². The molecule has 0 aliphatic carbocycles. The molecule has 0 atom stereocenters. The number of nitrogens with zero attached hydrogens (tertiary/aromatic N) is 4. The average molecular weight is 315 g/mol. The average Bonchev–Trinajstić information content (AvgIpc) is 2.54. The number of pyridine rings is 1. The highest BCUT2D eigenvalue weighted by atomic mass is 16.2. The topological polar surface area (TPSA) is 95.1 Å². The Bertz CT molecular complexity index is 660. The first kappa shape index (κ1) is 16.5. The number of carbonyl (C=O) groups excluding carboxylic acids is 1. The van der Waals surface area contributed by atoms with E-state index in [1.165, 1.54) is 6.33 Å². The smallest absolute Gasteiger partial charge is 0.320 e. The Kier molecular flexibility index (Phi) is 5.67. The summed E-state index contributed by atoms with van der Waals surface area (Å²) in [5.74, 6) is 1.96. The van der Waals surface area contributed by atoms with E-state index in [0.29, 0.717) is 12.4 Å². The van der Waals surface area contributed by atoms with Crippen molar-refractivity contribution in [3.63, 3.8) is 0 Å². The number of aromatic nitrogens is 3. The molecule has 0 aliphatic heterocycles. The number of anilines is 3. The summed E-state index contributed by atoms with van der Waals surface area (Å²) < 4.78 is 0. The highest BCUT2D eigenvalue weighted by Crippen LogP contribution is 2.11. The van der Waals surface area contributed by atoms with Gasteiger partial charge in [-0.2, -0.15) is 0 Å². The van der Waals surface area contributed by atoms with E-state index in [4.69, 9.17) is 0 Å². The zero-order valence-electron chi connectivity index (χ0n) is 13.5. The van der Waals surface area contributed by atoms with Crippen LogP contribution in [0.1, 0.15) is 12.5 Å². The Morgan fingerprint density at radius 1 is 1.17 bits per heavy atom. The molecular weight excluding hydrogens is 294 g/mol. The minimum absolute atomic E-state index is 0.324. The molecule has 23 heavy (non-hydrogen) atoms. The van der Waals surface area contributed by atoms with E-state index < -0.39 is 0 Å². The maximum Gasteiger partial charge on any atom is 0.320 e. The maximum atomic E-state index is 12.0. The number of amides is 2. The van der Waals surface area contributed by atoms with Gasteiger partial charge in [-0.05, 0) is 24.6 Å². The van der Waals surface area contributed by atoms with Gasteiger partial charge < -0.3 is 15.5 Å². The molecule has 3 N–H and O–H groups in total. The van der Waals surface area contributed by atoms with E-state index in [1.54, 1.807) is 12.3 Å². The molecule has 2 aromatic heterocycles. The fourth-order valence-corrected chi connectivity index (χ4v) is 1.86. The van der Waals surface area contributed by atoms with Gasteiger partial charge in [0, 0.05) is 39.4 Å². The highest BCUT2D eigenvalue weighted by molar-refractivity contribution is 5.88. The number of urea groups is 1. The number of hydrogen-bond donors (Lipinski definition) is 3. The van der Waals surface area contributed by atoms with Gasteiger partial charge in [-0.15, -0.1) is 0 Å². The molecule has 0 bridgehead atoms. The first-order valence-corrected chi connectivity index (χ1v) is 7.31. The van der Waals surface area contributed by atoms with Gasteiger partial charge in [0.2, 0.25) is 0 Å². The van der Waals surface area contributed by atoms with E-state index in [9.17, 15) is 4.79 Å². The fourth-order valence-electron chi connectivity index (χ4n) is 1.86. The number of carbonyl (C=O) groups is 1. The van der Waals surface area contributed by atoms with E-state index >= 15 is 0 Å². The van der Waals surface area contributed by atoms with Gasteiger partial charge in [-0.1, -0.05) is 0 Å². The van der Waals surface area contributed by atoms with Gasteiger partial charge in [0.25, 0.3) is 0 Å². The molecular formula is C15H21N7O. The second kappa shape index (κ2) is 7.92. The molecule has 2 heterocycles. The van der Waals surface area contributed by atoms with Gasteiger partial charge in [0.1, 0.15) is 23.8 Å². The van der Waals surface area contributed by atoms with Gasteiger partial charge in [-0.25, -0.2) is 19.7 Å². The molecule has 0 saturated heterocycles. The summed E-state index contributed by atoms with van der Waals surface area (Å²) >= 11 is 0. The molecule has 122 valence electrons. The van der Waals surface area contributed by atoms with Crippen LogP contribution < -0.4 is 20.9 Å². The molecule has 8 nitrogen and oxygen atoms in total. The van der Waals surface area contributed by atoms with E-state index in [1.807, 2.05) is 38.1 Å². The molecule has 2 rings (SSSR count). The van der Waals surface area contributed by atoms with Gasteiger partial charge >= 0.3 is 6.03 Å². The monoisotopic (exact) mass is 315 g/mol. The molecule has 0 saturated carbocycles. The van der Waals surface area contributed by atoms with Crippen LogP contribution in [0.4, 0.5) is 22.2 Å². The fraction of sp³-hybridized carbons (Fsp3) is 0.333. The largest absolute Gasteiger partial charge is 0.370 e. The standard InChI is InChI=1S/C15H21N7O/c1-4-16-12-7-11(5-6-17-12)9-18-15(23)21-13-8-14(22(2)3)20-10-19-13/h5-8,10H,4,9H2,1-3H3,(H,16,17)(H2,18,19,20,21,23). The van der Waals surface area contributed by atoms with Crippen LogP contribution in [0.3, 0.4) is 0 Å². The molecule has 0 spiro atoms. The summed E-state index contributed by atoms with van der Waals surface area (Å²) in [6, 6.07) is 5.14. The van der Waals surface area contributed by atoms with Gasteiger partial charge in [-0.3, -0.25) is 5.32 Å². The van der Waals surface area contributed by atoms with Crippen LogP contribution in [0, 0.1) is 0 Å². The molecule has 0 radical (unpaired) electrons. The predicted octanol–water partition coefficient (Wildman–Crippen LogP) is 1.69. The number of hydrogen-bond acceptors (Lipinski definition) is 6. The van der Waals surface area contributed by atoms with Gasteiger partial charge in [0.05, 0.1) is 0 Å². The predicted molar refractivity (Wildman–Crippen MR) is 90.6 cm³/mol. The van der Waals surface area contributed by atoms with Crippen molar-refractivity contribution in [3.8, 4) is 0 Å². The maximum absolute atomic E-state index is 12.0. The highest BCUT2D eigenvalue weighted by Gasteiger charge is 2.05. The number of nitrogens with one attached hydrogen (secondary N) is 3. The van der Waals surface area contributed by atoms with Crippen molar-refractivity contribution in [3.05, 3.63) is 36.3 Å².